The average Bonchev–Trinajstić information content (AvgIpc) is 2.65. The summed E-state index contributed by atoms with van der Waals surface area (Å²) in [5, 5.41) is -0.356. The molecule has 0 bridgehead atoms. The molecule has 106 valence electrons. The molecule has 1 atom stereocenters. The number of hydrogen-bond donors (Lipinski definition) is 0. The Bertz CT molecular complexity index is 394. The van der Waals surface area contributed by atoms with E-state index in [0.717, 1.165) is 0 Å². The first-order valence-corrected chi connectivity index (χ1v) is 7.68. The minimum absolute atomic E-state index is 0.0163. The van der Waals surface area contributed by atoms with Crippen LogP contribution >= 0.6 is 24.0 Å². The molecular formula is C12H18N2O3S2. The lowest BCUT2D eigenvalue weighted by molar-refractivity contribution is -0.137. The third-order valence-electron chi connectivity index (χ3n) is 3.19. The summed E-state index contributed by atoms with van der Waals surface area (Å²) in [7, 11) is 0. The van der Waals surface area contributed by atoms with Crippen LogP contribution in [0, 0.1) is 0 Å². The van der Waals surface area contributed by atoms with Crippen molar-refractivity contribution in [1.29, 1.82) is 0 Å². The molecule has 7 heteroatoms. The fourth-order valence-corrected chi connectivity index (χ4v) is 3.92. The molecule has 0 aromatic heterocycles. The molecule has 0 aliphatic carbocycles. The Hall–Kier alpha value is -0.660. The van der Waals surface area contributed by atoms with Crippen molar-refractivity contribution in [3.63, 3.8) is 0 Å². The van der Waals surface area contributed by atoms with Gasteiger partial charge in [-0.05, 0) is 13.8 Å². The van der Waals surface area contributed by atoms with Gasteiger partial charge in [-0.1, -0.05) is 24.0 Å². The van der Waals surface area contributed by atoms with Gasteiger partial charge in [0.25, 0.3) is 0 Å². The molecule has 19 heavy (non-hydrogen) atoms. The molecule has 2 amide bonds. The van der Waals surface area contributed by atoms with Crippen LogP contribution in [-0.4, -0.2) is 63.5 Å². The summed E-state index contributed by atoms with van der Waals surface area (Å²) in [6, 6.07) is 0.0518. The highest BCUT2D eigenvalue weighted by molar-refractivity contribution is 8.24. The number of morpholine rings is 1. The Morgan fingerprint density at radius 1 is 1.47 bits per heavy atom. The molecule has 0 spiro atoms. The summed E-state index contributed by atoms with van der Waals surface area (Å²) < 4.78 is 5.79. The van der Waals surface area contributed by atoms with Crippen LogP contribution in [0.3, 0.4) is 0 Å². The lowest BCUT2D eigenvalue weighted by Crippen LogP contribution is -2.43. The summed E-state index contributed by atoms with van der Waals surface area (Å²) in [6.45, 7) is 6.24. The molecule has 2 saturated heterocycles. The second kappa shape index (κ2) is 6.19. The predicted molar refractivity (Wildman–Crippen MR) is 78.0 cm³/mol. The summed E-state index contributed by atoms with van der Waals surface area (Å²) in [5.74, 6) is -0.0193. The number of hydrogen-bond acceptors (Lipinski definition) is 5. The highest BCUT2D eigenvalue weighted by atomic mass is 32.2. The number of amides is 2. The lowest BCUT2D eigenvalue weighted by atomic mass is 10.2. The van der Waals surface area contributed by atoms with E-state index < -0.39 is 0 Å². The van der Waals surface area contributed by atoms with Crippen molar-refractivity contribution in [2.75, 3.05) is 26.3 Å². The van der Waals surface area contributed by atoms with Crippen molar-refractivity contribution in [1.82, 2.24) is 9.80 Å². The molecule has 0 saturated carbocycles. The van der Waals surface area contributed by atoms with Crippen molar-refractivity contribution < 1.29 is 14.3 Å². The van der Waals surface area contributed by atoms with Gasteiger partial charge in [-0.3, -0.25) is 14.5 Å². The predicted octanol–water partition coefficient (Wildman–Crippen LogP) is 0.873. The van der Waals surface area contributed by atoms with E-state index in [4.69, 9.17) is 17.0 Å². The van der Waals surface area contributed by atoms with Gasteiger partial charge in [-0.25, -0.2) is 0 Å². The normalized spacial score (nSPS) is 24.5. The van der Waals surface area contributed by atoms with Crippen LogP contribution in [0.2, 0.25) is 0 Å². The van der Waals surface area contributed by atoms with Crippen LogP contribution in [0.5, 0.6) is 0 Å². The molecule has 0 N–H and O–H groups in total. The largest absolute Gasteiger partial charge is 0.378 e. The van der Waals surface area contributed by atoms with E-state index >= 15 is 0 Å². The Balaban J connectivity index is 1.94. The van der Waals surface area contributed by atoms with Gasteiger partial charge < -0.3 is 9.64 Å². The van der Waals surface area contributed by atoms with Gasteiger partial charge in [0.05, 0.1) is 18.5 Å². The highest BCUT2D eigenvalue weighted by Crippen LogP contribution is 2.31. The van der Waals surface area contributed by atoms with E-state index in [1.54, 1.807) is 9.80 Å². The number of nitrogens with zero attached hydrogens (tertiary/aromatic N) is 2. The van der Waals surface area contributed by atoms with E-state index in [0.29, 0.717) is 30.6 Å². The van der Waals surface area contributed by atoms with Gasteiger partial charge in [-0.2, -0.15) is 0 Å². The molecule has 2 rings (SSSR count). The molecule has 2 aliphatic rings. The maximum absolute atomic E-state index is 12.2. The third kappa shape index (κ3) is 3.27. The Morgan fingerprint density at radius 2 is 2.11 bits per heavy atom. The molecule has 0 radical (unpaired) electrons. The van der Waals surface area contributed by atoms with Crippen molar-refractivity contribution >= 4 is 40.1 Å². The summed E-state index contributed by atoms with van der Waals surface area (Å²) >= 11 is 6.53. The monoisotopic (exact) mass is 302 g/mol. The van der Waals surface area contributed by atoms with Crippen LogP contribution in [0.25, 0.3) is 0 Å². The number of carbonyl (C=O) groups is 2. The fourth-order valence-electron chi connectivity index (χ4n) is 2.17. The van der Waals surface area contributed by atoms with E-state index in [9.17, 15) is 9.59 Å². The van der Waals surface area contributed by atoms with Gasteiger partial charge in [0.2, 0.25) is 11.8 Å². The molecular weight excluding hydrogens is 284 g/mol. The quantitative estimate of drug-likeness (QED) is 0.724. The third-order valence-corrected chi connectivity index (χ3v) is 4.73. The maximum atomic E-state index is 12.2. The number of carbonyl (C=O) groups excluding carboxylic acids is 2. The van der Waals surface area contributed by atoms with Gasteiger partial charge in [0.15, 0.2) is 0 Å². The van der Waals surface area contributed by atoms with Crippen molar-refractivity contribution in [2.45, 2.75) is 31.6 Å². The standard InChI is InChI=1S/C12H18N2O3S2/c1-8(2)14-11(16)9(19-12(14)18)7-10(15)13-3-5-17-6-4-13/h8-9H,3-7H2,1-2H3. The zero-order valence-corrected chi connectivity index (χ0v) is 12.8. The van der Waals surface area contributed by atoms with Crippen LogP contribution in [-0.2, 0) is 14.3 Å². The number of rotatable bonds is 3. The molecule has 2 heterocycles. The van der Waals surface area contributed by atoms with Crippen LogP contribution in [0.4, 0.5) is 0 Å². The Morgan fingerprint density at radius 3 is 2.63 bits per heavy atom. The minimum Gasteiger partial charge on any atom is -0.378 e. The molecule has 0 aromatic carbocycles. The fraction of sp³-hybridized carbons (Fsp3) is 0.750. The molecule has 0 aromatic rings. The number of ether oxygens (including phenoxy) is 1. The smallest absolute Gasteiger partial charge is 0.242 e. The van der Waals surface area contributed by atoms with E-state index in [-0.39, 0.29) is 29.5 Å². The summed E-state index contributed by atoms with van der Waals surface area (Å²) in [5.41, 5.74) is 0. The average molecular weight is 302 g/mol. The molecule has 5 nitrogen and oxygen atoms in total. The second-order valence-corrected chi connectivity index (χ2v) is 6.71. The molecule has 2 aliphatic heterocycles. The highest BCUT2D eigenvalue weighted by Gasteiger charge is 2.40. The zero-order chi connectivity index (χ0) is 14.0. The van der Waals surface area contributed by atoms with Crippen LogP contribution in [0.1, 0.15) is 20.3 Å². The first-order valence-electron chi connectivity index (χ1n) is 6.40. The summed E-state index contributed by atoms with van der Waals surface area (Å²) in [4.78, 5) is 27.7. The molecule has 1 unspecified atom stereocenters. The molecule has 2 fully saturated rings. The van der Waals surface area contributed by atoms with Gasteiger partial charge in [-0.15, -0.1) is 0 Å². The zero-order valence-electron chi connectivity index (χ0n) is 11.1. The minimum atomic E-state index is -0.356. The van der Waals surface area contributed by atoms with Crippen molar-refractivity contribution in [3.05, 3.63) is 0 Å². The maximum Gasteiger partial charge on any atom is 0.242 e. The Labute approximate surface area is 122 Å². The van der Waals surface area contributed by atoms with Gasteiger partial charge in [0, 0.05) is 25.6 Å². The summed E-state index contributed by atoms with van der Waals surface area (Å²) in [6.07, 6.45) is 0.229. The van der Waals surface area contributed by atoms with Crippen molar-refractivity contribution in [2.24, 2.45) is 0 Å². The van der Waals surface area contributed by atoms with E-state index in [2.05, 4.69) is 0 Å². The van der Waals surface area contributed by atoms with Crippen molar-refractivity contribution in [3.8, 4) is 0 Å². The number of thiocarbonyl (C=S) groups is 1. The van der Waals surface area contributed by atoms with E-state index in [1.807, 2.05) is 13.8 Å². The first-order chi connectivity index (χ1) is 9.00. The Kier molecular flexibility index (Phi) is 4.81. The van der Waals surface area contributed by atoms with Gasteiger partial charge >= 0.3 is 0 Å². The first kappa shape index (κ1) is 14.7. The lowest BCUT2D eigenvalue weighted by Gasteiger charge is -2.27. The van der Waals surface area contributed by atoms with Crippen LogP contribution in [0.15, 0.2) is 0 Å². The topological polar surface area (TPSA) is 49.9 Å². The second-order valence-electron chi connectivity index (χ2n) is 4.87. The van der Waals surface area contributed by atoms with Crippen LogP contribution < -0.4 is 0 Å². The van der Waals surface area contributed by atoms with Gasteiger partial charge in [0.1, 0.15) is 4.32 Å². The van der Waals surface area contributed by atoms with E-state index in [1.165, 1.54) is 11.8 Å². The SMILES string of the molecule is CC(C)N1C(=O)C(CC(=O)N2CCOCC2)SC1=S. The number of thioether (sulfide) groups is 1.